The molecule has 0 saturated carbocycles. The summed E-state index contributed by atoms with van der Waals surface area (Å²) in [5.41, 5.74) is 7.28. The van der Waals surface area contributed by atoms with Crippen molar-refractivity contribution in [3.05, 3.63) is 10.4 Å². The minimum atomic E-state index is -1.30. The predicted molar refractivity (Wildman–Crippen MR) is 62.9 cm³/mol. The molecule has 21 heavy (non-hydrogen) atoms. The number of rotatable bonds is 1. The van der Waals surface area contributed by atoms with Crippen LogP contribution in [0.15, 0.2) is 5.11 Å². The van der Waals surface area contributed by atoms with Crippen LogP contribution in [0.1, 0.15) is 13.8 Å². The average Bonchev–Trinajstić information content (AvgIpc) is 2.74. The van der Waals surface area contributed by atoms with Gasteiger partial charge in [0, 0.05) is 4.91 Å². The highest BCUT2D eigenvalue weighted by molar-refractivity contribution is 5.79. The van der Waals surface area contributed by atoms with Crippen molar-refractivity contribution in [1.82, 2.24) is 0 Å². The van der Waals surface area contributed by atoms with E-state index >= 15 is 0 Å². The van der Waals surface area contributed by atoms with Gasteiger partial charge < -0.3 is 23.7 Å². The van der Waals surface area contributed by atoms with E-state index < -0.39 is 41.8 Å². The summed E-state index contributed by atoms with van der Waals surface area (Å²) in [5.74, 6) is -1.77. The number of fused-ring (bicyclic) bond motifs is 2. The Morgan fingerprint density at radius 1 is 1.24 bits per heavy atom. The second kappa shape index (κ2) is 4.48. The zero-order chi connectivity index (χ0) is 15.3. The molecule has 3 fully saturated rings. The fourth-order valence-electron chi connectivity index (χ4n) is 2.72. The van der Waals surface area contributed by atoms with E-state index in [0.717, 1.165) is 0 Å². The van der Waals surface area contributed by atoms with Gasteiger partial charge in [0.25, 0.3) is 0 Å². The van der Waals surface area contributed by atoms with Gasteiger partial charge in [-0.2, -0.15) is 0 Å². The van der Waals surface area contributed by atoms with Gasteiger partial charge in [-0.15, -0.1) is 0 Å². The molecular formula is C11H13N3O7. The van der Waals surface area contributed by atoms with Crippen molar-refractivity contribution in [1.29, 1.82) is 0 Å². The largest absolute Gasteiger partial charge is 0.508 e. The van der Waals surface area contributed by atoms with E-state index in [-0.39, 0.29) is 13.2 Å². The van der Waals surface area contributed by atoms with Gasteiger partial charge in [0.15, 0.2) is 11.8 Å². The summed E-state index contributed by atoms with van der Waals surface area (Å²) >= 11 is 0. The number of esters is 1. The van der Waals surface area contributed by atoms with Crippen LogP contribution in [-0.4, -0.2) is 55.0 Å². The fourth-order valence-corrected chi connectivity index (χ4v) is 2.72. The molecule has 3 aliphatic heterocycles. The number of hydrogen-bond donors (Lipinski definition) is 0. The van der Waals surface area contributed by atoms with E-state index in [1.807, 2.05) is 0 Å². The van der Waals surface area contributed by atoms with E-state index in [0.29, 0.717) is 0 Å². The highest BCUT2D eigenvalue weighted by Crippen LogP contribution is 2.43. The summed E-state index contributed by atoms with van der Waals surface area (Å²) in [7, 11) is 0. The van der Waals surface area contributed by atoms with Gasteiger partial charge >= 0.3 is 12.1 Å². The molecule has 10 heteroatoms. The summed E-state index contributed by atoms with van der Waals surface area (Å²) in [6.45, 7) is 2.90. The first-order valence-corrected chi connectivity index (χ1v) is 6.29. The van der Waals surface area contributed by atoms with Gasteiger partial charge in [-0.3, -0.25) is 4.79 Å². The molecule has 3 aliphatic rings. The normalized spacial score (nSPS) is 36.0. The number of hydrogen-bond acceptors (Lipinski definition) is 8. The Balaban J connectivity index is 1.96. The van der Waals surface area contributed by atoms with Crippen LogP contribution in [0, 0.1) is 0 Å². The van der Waals surface area contributed by atoms with Gasteiger partial charge in [-0.1, -0.05) is 5.11 Å². The maximum atomic E-state index is 12.1. The first-order valence-electron chi connectivity index (χ1n) is 6.29. The Morgan fingerprint density at radius 2 is 1.90 bits per heavy atom. The second-order valence-corrected chi connectivity index (χ2v) is 5.48. The summed E-state index contributed by atoms with van der Waals surface area (Å²) < 4.78 is 26.4. The molecule has 0 aliphatic carbocycles. The molecule has 0 radical (unpaired) electrons. The zero-order valence-electron chi connectivity index (χ0n) is 11.3. The van der Waals surface area contributed by atoms with Crippen molar-refractivity contribution >= 4 is 12.1 Å². The van der Waals surface area contributed by atoms with E-state index in [2.05, 4.69) is 10.0 Å². The molecular weight excluding hydrogens is 286 g/mol. The smallest absolute Gasteiger partial charge is 0.448 e. The fraction of sp³-hybridized carbons (Fsp3) is 0.818. The lowest BCUT2D eigenvalue weighted by molar-refractivity contribution is -0.231. The standard InChI is InChI=1S/C11H13N3O7/c1-10(2)19-6-5(13-14-12)8(15)21-11(7(6)20-10)3-17-9(16)18-4-11/h5-7H,3-4H2,1-2H3. The monoisotopic (exact) mass is 299 g/mol. The van der Waals surface area contributed by atoms with E-state index in [1.165, 1.54) is 0 Å². The number of carbonyl (C=O) groups is 2. The van der Waals surface area contributed by atoms with E-state index in [1.54, 1.807) is 13.8 Å². The Kier molecular flexibility index (Phi) is 2.97. The topological polar surface area (TPSA) is 129 Å². The number of cyclic esters (lactones) is 2. The first kappa shape index (κ1) is 13.9. The summed E-state index contributed by atoms with van der Waals surface area (Å²) in [4.78, 5) is 25.7. The minimum absolute atomic E-state index is 0.207. The summed E-state index contributed by atoms with van der Waals surface area (Å²) in [6.07, 6.45) is -2.45. The van der Waals surface area contributed by atoms with Crippen LogP contribution < -0.4 is 0 Å². The molecule has 0 aromatic rings. The van der Waals surface area contributed by atoms with E-state index in [4.69, 9.17) is 29.2 Å². The van der Waals surface area contributed by atoms with Gasteiger partial charge in [-0.25, -0.2) is 4.79 Å². The molecule has 3 unspecified atom stereocenters. The van der Waals surface area contributed by atoms with Crippen LogP contribution in [0.2, 0.25) is 0 Å². The molecule has 10 nitrogen and oxygen atoms in total. The SMILES string of the molecule is CC1(C)OC2C(N=[N+]=[N-])C(=O)OC3(COC(=O)OC3)C2O1. The zero-order valence-corrected chi connectivity index (χ0v) is 11.3. The molecule has 0 aromatic heterocycles. The third-order valence-corrected chi connectivity index (χ3v) is 3.55. The van der Waals surface area contributed by atoms with Crippen LogP contribution in [0.3, 0.4) is 0 Å². The van der Waals surface area contributed by atoms with Gasteiger partial charge in [-0.05, 0) is 19.4 Å². The molecule has 3 heterocycles. The third-order valence-electron chi connectivity index (χ3n) is 3.55. The quantitative estimate of drug-likeness (QED) is 0.301. The third kappa shape index (κ3) is 2.17. The van der Waals surface area contributed by atoms with Gasteiger partial charge in [0.05, 0.1) is 0 Å². The number of ether oxygens (including phenoxy) is 5. The van der Waals surface area contributed by atoms with Gasteiger partial charge in [0.1, 0.15) is 25.4 Å². The number of carbonyl (C=O) groups excluding carboxylic acids is 2. The lowest BCUT2D eigenvalue weighted by Crippen LogP contribution is -2.66. The lowest BCUT2D eigenvalue weighted by Gasteiger charge is -2.44. The summed E-state index contributed by atoms with van der Waals surface area (Å²) in [5, 5.41) is 3.42. The predicted octanol–water partition coefficient (Wildman–Crippen LogP) is 0.648. The Hall–Kier alpha value is -2.03. The molecule has 0 bridgehead atoms. The van der Waals surface area contributed by atoms with Gasteiger partial charge in [0.2, 0.25) is 5.60 Å². The Bertz CT molecular complexity index is 532. The molecule has 0 amide bonds. The van der Waals surface area contributed by atoms with Crippen molar-refractivity contribution in [2.24, 2.45) is 5.11 Å². The molecule has 3 rings (SSSR count). The van der Waals surface area contributed by atoms with Crippen LogP contribution >= 0.6 is 0 Å². The first-order chi connectivity index (χ1) is 9.87. The molecule has 0 N–H and O–H groups in total. The van der Waals surface area contributed by atoms with Crippen LogP contribution in [0.4, 0.5) is 4.79 Å². The Morgan fingerprint density at radius 3 is 2.52 bits per heavy atom. The van der Waals surface area contributed by atoms with Crippen molar-refractivity contribution in [3.8, 4) is 0 Å². The maximum absolute atomic E-state index is 12.1. The maximum Gasteiger partial charge on any atom is 0.508 e. The highest BCUT2D eigenvalue weighted by Gasteiger charge is 2.64. The minimum Gasteiger partial charge on any atom is -0.448 e. The average molecular weight is 299 g/mol. The number of nitrogens with zero attached hydrogens (tertiary/aromatic N) is 3. The number of azide groups is 1. The molecule has 114 valence electrons. The highest BCUT2D eigenvalue weighted by atomic mass is 16.8. The van der Waals surface area contributed by atoms with Crippen LogP contribution in [0.25, 0.3) is 10.4 Å². The molecule has 0 aromatic carbocycles. The van der Waals surface area contributed by atoms with Crippen molar-refractivity contribution < 1.29 is 33.3 Å². The van der Waals surface area contributed by atoms with Crippen LogP contribution in [-0.2, 0) is 28.5 Å². The van der Waals surface area contributed by atoms with Crippen molar-refractivity contribution in [2.45, 2.75) is 43.5 Å². The Labute approximate surface area is 118 Å². The molecule has 1 spiro atoms. The second-order valence-electron chi connectivity index (χ2n) is 5.48. The molecule has 3 saturated heterocycles. The summed E-state index contributed by atoms with van der Waals surface area (Å²) in [6, 6.07) is -1.16. The molecule has 3 atom stereocenters. The van der Waals surface area contributed by atoms with Crippen molar-refractivity contribution in [3.63, 3.8) is 0 Å². The lowest BCUT2D eigenvalue weighted by atomic mass is 9.87. The van der Waals surface area contributed by atoms with Crippen molar-refractivity contribution in [2.75, 3.05) is 13.2 Å². The van der Waals surface area contributed by atoms with Crippen LogP contribution in [0.5, 0.6) is 0 Å². The van der Waals surface area contributed by atoms with E-state index in [9.17, 15) is 9.59 Å².